The molecule has 0 aliphatic heterocycles. The number of rotatable bonds is 3. The molecule has 0 radical (unpaired) electrons. The van der Waals surface area contributed by atoms with Crippen LogP contribution in [-0.4, -0.2) is 28.7 Å². The summed E-state index contributed by atoms with van der Waals surface area (Å²) in [4.78, 5) is 30.0. The van der Waals surface area contributed by atoms with Gasteiger partial charge in [-0.1, -0.05) is 23.8 Å². The molecule has 2 aromatic rings. The molecule has 0 bridgehead atoms. The van der Waals surface area contributed by atoms with Gasteiger partial charge in [0.2, 0.25) is 0 Å². The predicted octanol–water partition coefficient (Wildman–Crippen LogP) is 2.86. The van der Waals surface area contributed by atoms with Crippen LogP contribution in [0.4, 0.5) is 5.69 Å². The fourth-order valence-electron chi connectivity index (χ4n) is 2.31. The minimum absolute atomic E-state index is 0.235. The van der Waals surface area contributed by atoms with E-state index in [1.807, 2.05) is 39.0 Å². The number of benzene rings is 1. The molecule has 0 spiro atoms. The highest BCUT2D eigenvalue weighted by Gasteiger charge is 2.24. The molecule has 2 amide bonds. The average molecular weight is 311 g/mol. The molecular weight excluding hydrogens is 290 g/mol. The summed E-state index contributed by atoms with van der Waals surface area (Å²) in [7, 11) is 1.61. The molecule has 0 saturated carbocycles. The smallest absolute Gasteiger partial charge is 0.313 e. The number of hydrogen-bond donors (Lipinski definition) is 1. The van der Waals surface area contributed by atoms with Crippen LogP contribution in [0.3, 0.4) is 0 Å². The van der Waals surface area contributed by atoms with Crippen LogP contribution in [0.2, 0.25) is 0 Å². The van der Waals surface area contributed by atoms with Gasteiger partial charge in [0, 0.05) is 25.1 Å². The second-order valence-corrected chi connectivity index (χ2v) is 5.65. The van der Waals surface area contributed by atoms with Gasteiger partial charge in [-0.25, -0.2) is 0 Å². The zero-order chi connectivity index (χ0) is 17.0. The summed E-state index contributed by atoms with van der Waals surface area (Å²) in [6, 6.07) is 9.11. The van der Waals surface area contributed by atoms with Crippen LogP contribution in [0.1, 0.15) is 29.7 Å². The third kappa shape index (κ3) is 3.94. The second kappa shape index (κ2) is 7.05. The molecular formula is C18H21N3O2. The quantitative estimate of drug-likeness (QED) is 0.887. The highest BCUT2D eigenvalue weighted by atomic mass is 16.2. The first-order valence-electron chi connectivity index (χ1n) is 7.45. The maximum absolute atomic E-state index is 12.3. The van der Waals surface area contributed by atoms with E-state index in [2.05, 4.69) is 10.3 Å². The Morgan fingerprint density at radius 1 is 1.22 bits per heavy atom. The number of aromatic nitrogens is 1. The predicted molar refractivity (Wildman–Crippen MR) is 90.0 cm³/mol. The van der Waals surface area contributed by atoms with Gasteiger partial charge in [-0.3, -0.25) is 14.6 Å². The monoisotopic (exact) mass is 311 g/mol. The lowest BCUT2D eigenvalue weighted by atomic mass is 10.1. The number of nitrogens with one attached hydrogen (secondary N) is 1. The Bertz CT molecular complexity index is 713. The van der Waals surface area contributed by atoms with Crippen LogP contribution in [0.5, 0.6) is 0 Å². The van der Waals surface area contributed by atoms with Crippen molar-refractivity contribution in [2.75, 3.05) is 12.4 Å². The van der Waals surface area contributed by atoms with Gasteiger partial charge < -0.3 is 10.2 Å². The van der Waals surface area contributed by atoms with E-state index >= 15 is 0 Å². The fraction of sp³-hybridized carbons (Fsp3) is 0.278. The van der Waals surface area contributed by atoms with E-state index in [1.165, 1.54) is 4.90 Å². The molecule has 1 aromatic carbocycles. The molecule has 23 heavy (non-hydrogen) atoms. The Hall–Kier alpha value is -2.69. The largest absolute Gasteiger partial charge is 0.331 e. The Balaban J connectivity index is 2.08. The topological polar surface area (TPSA) is 62.3 Å². The summed E-state index contributed by atoms with van der Waals surface area (Å²) in [5.74, 6) is -1.23. The molecule has 1 atom stereocenters. The van der Waals surface area contributed by atoms with Crippen molar-refractivity contribution in [2.24, 2.45) is 0 Å². The van der Waals surface area contributed by atoms with Gasteiger partial charge in [-0.2, -0.15) is 0 Å². The van der Waals surface area contributed by atoms with Crippen molar-refractivity contribution in [3.05, 3.63) is 59.4 Å². The molecule has 1 N–H and O–H groups in total. The molecule has 0 aliphatic carbocycles. The zero-order valence-electron chi connectivity index (χ0n) is 13.8. The molecule has 120 valence electrons. The first-order valence-corrected chi connectivity index (χ1v) is 7.45. The Morgan fingerprint density at radius 2 is 1.96 bits per heavy atom. The number of amides is 2. The van der Waals surface area contributed by atoms with Gasteiger partial charge in [-0.05, 0) is 44.0 Å². The lowest BCUT2D eigenvalue weighted by molar-refractivity contribution is -0.143. The minimum atomic E-state index is -0.643. The van der Waals surface area contributed by atoms with Gasteiger partial charge >= 0.3 is 11.8 Å². The van der Waals surface area contributed by atoms with Crippen LogP contribution in [0, 0.1) is 13.8 Å². The van der Waals surface area contributed by atoms with Gasteiger partial charge in [0.15, 0.2) is 0 Å². The number of aryl methyl sites for hydroxylation is 2. The number of nitrogens with zero attached hydrogens (tertiary/aromatic N) is 2. The van der Waals surface area contributed by atoms with E-state index in [-0.39, 0.29) is 6.04 Å². The Labute approximate surface area is 136 Å². The number of hydrogen-bond acceptors (Lipinski definition) is 3. The van der Waals surface area contributed by atoms with Crippen molar-refractivity contribution in [1.82, 2.24) is 9.88 Å². The highest BCUT2D eigenvalue weighted by Crippen LogP contribution is 2.19. The standard InChI is InChI=1S/C18H21N3O2/c1-12-7-8-16(13(2)10-12)20-17(22)18(23)21(4)14(3)15-6-5-9-19-11-15/h5-11,14H,1-4H3,(H,20,22)/t14-/m0/s1. The maximum Gasteiger partial charge on any atom is 0.313 e. The molecule has 0 unspecified atom stereocenters. The number of carbonyl (C=O) groups excluding carboxylic acids is 2. The number of pyridine rings is 1. The highest BCUT2D eigenvalue weighted by molar-refractivity contribution is 6.39. The summed E-state index contributed by atoms with van der Waals surface area (Å²) in [6.45, 7) is 5.74. The summed E-state index contributed by atoms with van der Waals surface area (Å²) in [5, 5.41) is 2.68. The van der Waals surface area contributed by atoms with E-state index < -0.39 is 11.8 Å². The van der Waals surface area contributed by atoms with Crippen LogP contribution in [0.25, 0.3) is 0 Å². The van der Waals surface area contributed by atoms with Crippen LogP contribution in [0.15, 0.2) is 42.7 Å². The zero-order valence-corrected chi connectivity index (χ0v) is 13.8. The Kier molecular flexibility index (Phi) is 5.11. The van der Waals surface area contributed by atoms with Gasteiger partial charge in [-0.15, -0.1) is 0 Å². The SMILES string of the molecule is Cc1ccc(NC(=O)C(=O)N(C)[C@@H](C)c2cccnc2)c(C)c1. The second-order valence-electron chi connectivity index (χ2n) is 5.65. The number of carbonyl (C=O) groups is 2. The van der Waals surface area contributed by atoms with Gasteiger partial charge in [0.1, 0.15) is 0 Å². The lowest BCUT2D eigenvalue weighted by Gasteiger charge is -2.24. The van der Waals surface area contributed by atoms with E-state index in [1.54, 1.807) is 31.6 Å². The summed E-state index contributed by atoms with van der Waals surface area (Å²) >= 11 is 0. The maximum atomic E-state index is 12.3. The van der Waals surface area contributed by atoms with Gasteiger partial charge in [0.05, 0.1) is 6.04 Å². The van der Waals surface area contributed by atoms with Crippen molar-refractivity contribution in [3.63, 3.8) is 0 Å². The lowest BCUT2D eigenvalue weighted by Crippen LogP contribution is -2.38. The minimum Gasteiger partial charge on any atom is -0.331 e. The van der Waals surface area contributed by atoms with Crippen LogP contribution < -0.4 is 5.32 Å². The molecule has 5 nitrogen and oxygen atoms in total. The molecule has 0 fully saturated rings. The fourth-order valence-corrected chi connectivity index (χ4v) is 2.31. The molecule has 1 aromatic heterocycles. The van der Waals surface area contributed by atoms with E-state index in [0.717, 1.165) is 16.7 Å². The van der Waals surface area contributed by atoms with Crippen LogP contribution in [-0.2, 0) is 9.59 Å². The first kappa shape index (κ1) is 16.7. The van der Waals surface area contributed by atoms with E-state index in [4.69, 9.17) is 0 Å². The third-order valence-electron chi connectivity index (χ3n) is 3.89. The molecule has 0 saturated heterocycles. The van der Waals surface area contributed by atoms with E-state index in [9.17, 15) is 9.59 Å². The van der Waals surface area contributed by atoms with Gasteiger partial charge in [0.25, 0.3) is 0 Å². The van der Waals surface area contributed by atoms with Crippen molar-refractivity contribution < 1.29 is 9.59 Å². The molecule has 1 heterocycles. The molecule has 0 aliphatic rings. The first-order chi connectivity index (χ1) is 10.9. The number of likely N-dealkylation sites (N-methyl/N-ethyl adjacent to an activating group) is 1. The van der Waals surface area contributed by atoms with Crippen LogP contribution >= 0.6 is 0 Å². The van der Waals surface area contributed by atoms with Crippen molar-refractivity contribution in [1.29, 1.82) is 0 Å². The summed E-state index contributed by atoms with van der Waals surface area (Å²) in [5.41, 5.74) is 3.56. The van der Waals surface area contributed by atoms with Crippen molar-refractivity contribution in [2.45, 2.75) is 26.8 Å². The van der Waals surface area contributed by atoms with Crippen molar-refractivity contribution >= 4 is 17.5 Å². The average Bonchev–Trinajstić information content (AvgIpc) is 2.56. The molecule has 5 heteroatoms. The van der Waals surface area contributed by atoms with E-state index in [0.29, 0.717) is 5.69 Å². The summed E-state index contributed by atoms with van der Waals surface area (Å²) in [6.07, 6.45) is 3.36. The van der Waals surface area contributed by atoms with Crippen molar-refractivity contribution in [3.8, 4) is 0 Å². The third-order valence-corrected chi connectivity index (χ3v) is 3.89. The Morgan fingerprint density at radius 3 is 2.57 bits per heavy atom. The molecule has 2 rings (SSSR count). The number of anilines is 1. The normalized spacial score (nSPS) is 11.7. The summed E-state index contributed by atoms with van der Waals surface area (Å²) < 4.78 is 0.